The van der Waals surface area contributed by atoms with Crippen molar-refractivity contribution in [3.8, 4) is 11.1 Å². The Morgan fingerprint density at radius 3 is 2.36 bits per heavy atom. The molecule has 0 saturated carbocycles. The van der Waals surface area contributed by atoms with Gasteiger partial charge in [0, 0.05) is 23.5 Å². The lowest BCUT2D eigenvalue weighted by molar-refractivity contribution is 0.631. The van der Waals surface area contributed by atoms with Crippen molar-refractivity contribution in [1.82, 2.24) is 9.97 Å². The highest BCUT2D eigenvalue weighted by atomic mass is 19.1. The van der Waals surface area contributed by atoms with Gasteiger partial charge in [-0.15, -0.1) is 0 Å². The van der Waals surface area contributed by atoms with E-state index < -0.39 is 0 Å². The summed E-state index contributed by atoms with van der Waals surface area (Å²) < 4.78 is 13.3. The number of rotatable bonds is 1. The van der Waals surface area contributed by atoms with Gasteiger partial charge in [-0.1, -0.05) is 18.2 Å². The summed E-state index contributed by atoms with van der Waals surface area (Å²) in [5.41, 5.74) is 1.24. The normalized spacial score (nSPS) is 10.1. The van der Waals surface area contributed by atoms with Crippen LogP contribution in [0.15, 0.2) is 36.7 Å². The Balaban J connectivity index is 2.50. The van der Waals surface area contributed by atoms with Gasteiger partial charge in [0.05, 0.1) is 0 Å². The van der Waals surface area contributed by atoms with Crippen molar-refractivity contribution in [2.45, 2.75) is 6.92 Å². The van der Waals surface area contributed by atoms with Crippen LogP contribution in [0.5, 0.6) is 0 Å². The molecule has 1 heterocycles. The molecule has 0 atom stereocenters. The van der Waals surface area contributed by atoms with E-state index in [2.05, 4.69) is 9.97 Å². The molecule has 14 heavy (non-hydrogen) atoms. The SMILES string of the molecule is Cc1ncc(-c2ccccc2F)cn1. The molecule has 0 saturated heterocycles. The number of aromatic nitrogens is 2. The van der Waals surface area contributed by atoms with E-state index in [0.717, 1.165) is 0 Å². The molecule has 0 aliphatic rings. The van der Waals surface area contributed by atoms with E-state index in [1.54, 1.807) is 37.5 Å². The van der Waals surface area contributed by atoms with Crippen LogP contribution >= 0.6 is 0 Å². The summed E-state index contributed by atoms with van der Waals surface area (Å²) in [5, 5.41) is 0. The van der Waals surface area contributed by atoms with Crippen LogP contribution in [0.1, 0.15) is 5.82 Å². The molecule has 0 amide bonds. The fourth-order valence-corrected chi connectivity index (χ4v) is 1.23. The van der Waals surface area contributed by atoms with Gasteiger partial charge in [-0.05, 0) is 13.0 Å². The minimum Gasteiger partial charge on any atom is -0.241 e. The Morgan fingerprint density at radius 1 is 1.07 bits per heavy atom. The molecular formula is C11H9FN2. The van der Waals surface area contributed by atoms with Gasteiger partial charge in [-0.2, -0.15) is 0 Å². The average Bonchev–Trinajstić information content (AvgIpc) is 2.20. The zero-order chi connectivity index (χ0) is 9.97. The summed E-state index contributed by atoms with van der Waals surface area (Å²) in [7, 11) is 0. The summed E-state index contributed by atoms with van der Waals surface area (Å²) in [5.74, 6) is 0.435. The highest BCUT2D eigenvalue weighted by Crippen LogP contribution is 2.20. The van der Waals surface area contributed by atoms with Gasteiger partial charge in [0.25, 0.3) is 0 Å². The zero-order valence-corrected chi connectivity index (χ0v) is 7.74. The Morgan fingerprint density at radius 2 is 1.71 bits per heavy atom. The van der Waals surface area contributed by atoms with Crippen LogP contribution in [0.2, 0.25) is 0 Å². The van der Waals surface area contributed by atoms with Gasteiger partial charge in [0.1, 0.15) is 11.6 Å². The van der Waals surface area contributed by atoms with Crippen molar-refractivity contribution in [1.29, 1.82) is 0 Å². The lowest BCUT2D eigenvalue weighted by Gasteiger charge is -2.01. The quantitative estimate of drug-likeness (QED) is 0.687. The molecule has 0 N–H and O–H groups in total. The third kappa shape index (κ3) is 1.62. The number of aryl methyl sites for hydroxylation is 1. The van der Waals surface area contributed by atoms with Crippen molar-refractivity contribution >= 4 is 0 Å². The maximum atomic E-state index is 13.3. The maximum absolute atomic E-state index is 13.3. The molecule has 0 aliphatic heterocycles. The Hall–Kier alpha value is -1.77. The Kier molecular flexibility index (Phi) is 2.23. The van der Waals surface area contributed by atoms with Crippen LogP contribution in [-0.2, 0) is 0 Å². The highest BCUT2D eigenvalue weighted by Gasteiger charge is 2.03. The lowest BCUT2D eigenvalue weighted by atomic mass is 10.1. The van der Waals surface area contributed by atoms with Gasteiger partial charge in [-0.25, -0.2) is 14.4 Å². The van der Waals surface area contributed by atoms with E-state index in [4.69, 9.17) is 0 Å². The molecule has 2 rings (SSSR count). The standard InChI is InChI=1S/C11H9FN2/c1-8-13-6-9(7-14-8)10-4-2-3-5-11(10)12/h2-7H,1H3. The van der Waals surface area contributed by atoms with Gasteiger partial charge < -0.3 is 0 Å². The van der Waals surface area contributed by atoms with Crippen LogP contribution < -0.4 is 0 Å². The third-order valence-electron chi connectivity index (χ3n) is 1.97. The first kappa shape index (κ1) is 8.81. The number of halogens is 1. The molecule has 2 nitrogen and oxygen atoms in total. The molecule has 1 aromatic carbocycles. The fourth-order valence-electron chi connectivity index (χ4n) is 1.23. The van der Waals surface area contributed by atoms with E-state index in [1.165, 1.54) is 6.07 Å². The van der Waals surface area contributed by atoms with Crippen molar-refractivity contribution in [3.63, 3.8) is 0 Å². The summed E-state index contributed by atoms with van der Waals surface area (Å²) in [4.78, 5) is 8.04. The van der Waals surface area contributed by atoms with E-state index in [9.17, 15) is 4.39 Å². The average molecular weight is 188 g/mol. The summed E-state index contributed by atoms with van der Waals surface area (Å²) in [6, 6.07) is 6.59. The second kappa shape index (κ2) is 3.54. The zero-order valence-electron chi connectivity index (χ0n) is 7.74. The van der Waals surface area contributed by atoms with E-state index in [0.29, 0.717) is 17.0 Å². The van der Waals surface area contributed by atoms with Gasteiger partial charge >= 0.3 is 0 Å². The third-order valence-corrected chi connectivity index (χ3v) is 1.97. The number of benzene rings is 1. The number of hydrogen-bond donors (Lipinski definition) is 0. The first-order valence-electron chi connectivity index (χ1n) is 4.31. The molecule has 0 spiro atoms. The minimum absolute atomic E-state index is 0.250. The first-order chi connectivity index (χ1) is 6.77. The van der Waals surface area contributed by atoms with Crippen LogP contribution in [0.3, 0.4) is 0 Å². The van der Waals surface area contributed by atoms with E-state index >= 15 is 0 Å². The Bertz CT molecular complexity index is 437. The van der Waals surface area contributed by atoms with Crippen LogP contribution in [0, 0.1) is 12.7 Å². The molecule has 0 radical (unpaired) electrons. The molecular weight excluding hydrogens is 179 g/mol. The summed E-state index contributed by atoms with van der Waals surface area (Å²) in [6.45, 7) is 1.80. The molecule has 70 valence electrons. The van der Waals surface area contributed by atoms with Crippen molar-refractivity contribution < 1.29 is 4.39 Å². The monoisotopic (exact) mass is 188 g/mol. The summed E-state index contributed by atoms with van der Waals surface area (Å²) in [6.07, 6.45) is 3.25. The van der Waals surface area contributed by atoms with Gasteiger partial charge in [0.2, 0.25) is 0 Å². The summed E-state index contributed by atoms with van der Waals surface area (Å²) >= 11 is 0. The molecule has 2 aromatic rings. The van der Waals surface area contributed by atoms with Crippen molar-refractivity contribution in [2.24, 2.45) is 0 Å². The predicted molar refractivity (Wildman–Crippen MR) is 52.2 cm³/mol. The number of hydrogen-bond acceptors (Lipinski definition) is 2. The van der Waals surface area contributed by atoms with Crippen molar-refractivity contribution in [2.75, 3.05) is 0 Å². The maximum Gasteiger partial charge on any atom is 0.131 e. The topological polar surface area (TPSA) is 25.8 Å². The van der Waals surface area contributed by atoms with Gasteiger partial charge in [0.15, 0.2) is 0 Å². The van der Waals surface area contributed by atoms with E-state index in [1.807, 2.05) is 0 Å². The minimum atomic E-state index is -0.250. The smallest absolute Gasteiger partial charge is 0.131 e. The van der Waals surface area contributed by atoms with E-state index in [-0.39, 0.29) is 5.82 Å². The number of nitrogens with zero attached hydrogens (tertiary/aromatic N) is 2. The predicted octanol–water partition coefficient (Wildman–Crippen LogP) is 2.59. The largest absolute Gasteiger partial charge is 0.241 e. The highest BCUT2D eigenvalue weighted by molar-refractivity contribution is 5.61. The van der Waals surface area contributed by atoms with Gasteiger partial charge in [-0.3, -0.25) is 0 Å². The van der Waals surface area contributed by atoms with Crippen LogP contribution in [0.25, 0.3) is 11.1 Å². The van der Waals surface area contributed by atoms with Crippen molar-refractivity contribution in [3.05, 3.63) is 48.3 Å². The second-order valence-electron chi connectivity index (χ2n) is 3.00. The second-order valence-corrected chi connectivity index (χ2v) is 3.00. The molecule has 0 aliphatic carbocycles. The van der Waals surface area contributed by atoms with Crippen LogP contribution in [-0.4, -0.2) is 9.97 Å². The Labute approximate surface area is 81.5 Å². The molecule has 0 bridgehead atoms. The molecule has 1 aromatic heterocycles. The molecule has 0 unspecified atom stereocenters. The first-order valence-corrected chi connectivity index (χ1v) is 4.31. The fraction of sp³-hybridized carbons (Fsp3) is 0.0909. The molecule has 0 fully saturated rings. The lowest BCUT2D eigenvalue weighted by Crippen LogP contribution is -1.89. The molecule has 3 heteroatoms. The van der Waals surface area contributed by atoms with Crippen LogP contribution in [0.4, 0.5) is 4.39 Å².